The number of anilines is 2. The van der Waals surface area contributed by atoms with Crippen molar-refractivity contribution in [2.24, 2.45) is 7.05 Å². The van der Waals surface area contributed by atoms with Gasteiger partial charge in [-0.3, -0.25) is 19.1 Å². The van der Waals surface area contributed by atoms with Crippen LogP contribution in [0.2, 0.25) is 0 Å². The maximum absolute atomic E-state index is 12.3. The predicted molar refractivity (Wildman–Crippen MR) is 127 cm³/mol. The van der Waals surface area contributed by atoms with Gasteiger partial charge in [-0.15, -0.1) is 0 Å². The van der Waals surface area contributed by atoms with Gasteiger partial charge in [0.05, 0.1) is 5.69 Å². The molecule has 2 N–H and O–H groups in total. The van der Waals surface area contributed by atoms with Crippen LogP contribution in [0, 0.1) is 6.92 Å². The number of aryl methyl sites for hydroxylation is 2. The first kappa shape index (κ1) is 22.3. The van der Waals surface area contributed by atoms with Gasteiger partial charge < -0.3 is 15.5 Å². The van der Waals surface area contributed by atoms with Crippen molar-refractivity contribution in [3.63, 3.8) is 0 Å². The first-order chi connectivity index (χ1) is 15.9. The summed E-state index contributed by atoms with van der Waals surface area (Å²) in [7, 11) is 1.90. The number of hydrogen-bond donors (Lipinski definition) is 2. The summed E-state index contributed by atoms with van der Waals surface area (Å²) in [5.41, 5.74) is 5.35. The van der Waals surface area contributed by atoms with Gasteiger partial charge in [0.25, 0.3) is 0 Å². The van der Waals surface area contributed by atoms with Gasteiger partial charge in [0, 0.05) is 44.1 Å². The van der Waals surface area contributed by atoms with Crippen molar-refractivity contribution in [2.45, 2.75) is 26.2 Å². The second-order valence-electron chi connectivity index (χ2n) is 8.15. The molecular formula is C25H27N5O3. The average Bonchev–Trinajstić information content (AvgIpc) is 3.43. The Morgan fingerprint density at radius 2 is 1.85 bits per heavy atom. The van der Waals surface area contributed by atoms with Crippen LogP contribution in [-0.4, -0.2) is 40.6 Å². The minimum absolute atomic E-state index is 0.0765. The minimum Gasteiger partial charge on any atom is -0.347 e. The molecule has 4 rings (SSSR count). The van der Waals surface area contributed by atoms with Crippen LogP contribution in [0.3, 0.4) is 0 Å². The number of hydrogen-bond acceptors (Lipinski definition) is 4. The molecule has 0 bridgehead atoms. The van der Waals surface area contributed by atoms with E-state index in [1.165, 1.54) is 0 Å². The number of rotatable bonds is 6. The van der Waals surface area contributed by atoms with Crippen LogP contribution in [0.4, 0.5) is 11.4 Å². The van der Waals surface area contributed by atoms with Crippen molar-refractivity contribution < 1.29 is 14.4 Å². The van der Waals surface area contributed by atoms with E-state index in [-0.39, 0.29) is 5.91 Å². The van der Waals surface area contributed by atoms with Crippen LogP contribution in [-0.2, 0) is 27.9 Å². The van der Waals surface area contributed by atoms with E-state index in [0.717, 1.165) is 34.5 Å². The predicted octanol–water partition coefficient (Wildman–Crippen LogP) is 2.82. The Bertz CT molecular complexity index is 1180. The van der Waals surface area contributed by atoms with Crippen LogP contribution in [0.15, 0.2) is 54.7 Å². The first-order valence-electron chi connectivity index (χ1n) is 11.0. The fourth-order valence-corrected chi connectivity index (χ4v) is 3.97. The molecule has 0 spiro atoms. The van der Waals surface area contributed by atoms with Crippen molar-refractivity contribution in [2.75, 3.05) is 23.3 Å². The van der Waals surface area contributed by atoms with Crippen molar-refractivity contribution in [1.29, 1.82) is 0 Å². The van der Waals surface area contributed by atoms with E-state index in [4.69, 9.17) is 0 Å². The van der Waals surface area contributed by atoms with Crippen molar-refractivity contribution in [3.8, 4) is 11.3 Å². The molecule has 0 radical (unpaired) electrons. The number of carbonyl (C=O) groups excluding carboxylic acids is 3. The third kappa shape index (κ3) is 5.11. The second-order valence-corrected chi connectivity index (χ2v) is 8.15. The van der Waals surface area contributed by atoms with Gasteiger partial charge >= 0.3 is 11.8 Å². The Kier molecular flexibility index (Phi) is 6.53. The topological polar surface area (TPSA) is 96.3 Å². The summed E-state index contributed by atoms with van der Waals surface area (Å²) in [6, 6.07) is 15.3. The summed E-state index contributed by atoms with van der Waals surface area (Å²) < 4.78 is 1.81. The molecular weight excluding hydrogens is 418 g/mol. The highest BCUT2D eigenvalue weighted by molar-refractivity contribution is 6.39. The summed E-state index contributed by atoms with van der Waals surface area (Å²) in [4.78, 5) is 38.4. The molecule has 1 aliphatic heterocycles. The first-order valence-corrected chi connectivity index (χ1v) is 11.0. The van der Waals surface area contributed by atoms with Gasteiger partial charge in [0.15, 0.2) is 0 Å². The van der Waals surface area contributed by atoms with E-state index in [1.54, 1.807) is 23.2 Å². The molecule has 1 aromatic heterocycles. The van der Waals surface area contributed by atoms with Crippen molar-refractivity contribution >= 4 is 29.1 Å². The lowest BCUT2D eigenvalue weighted by molar-refractivity contribution is -0.136. The lowest BCUT2D eigenvalue weighted by Crippen LogP contribution is -2.36. The molecule has 3 aromatic rings. The summed E-state index contributed by atoms with van der Waals surface area (Å²) >= 11 is 0. The average molecular weight is 446 g/mol. The van der Waals surface area contributed by atoms with E-state index in [9.17, 15) is 14.4 Å². The third-order valence-electron chi connectivity index (χ3n) is 5.81. The Morgan fingerprint density at radius 3 is 2.52 bits per heavy atom. The molecule has 1 aliphatic rings. The lowest BCUT2D eigenvalue weighted by atomic mass is 10.1. The number of benzene rings is 2. The van der Waals surface area contributed by atoms with E-state index in [1.807, 2.05) is 55.1 Å². The third-order valence-corrected chi connectivity index (χ3v) is 5.81. The second kappa shape index (κ2) is 9.68. The molecule has 0 atom stereocenters. The van der Waals surface area contributed by atoms with Crippen LogP contribution in [0.1, 0.15) is 24.0 Å². The zero-order chi connectivity index (χ0) is 23.4. The van der Waals surface area contributed by atoms with E-state index in [0.29, 0.717) is 31.6 Å². The zero-order valence-corrected chi connectivity index (χ0v) is 18.8. The molecule has 8 heteroatoms. The maximum Gasteiger partial charge on any atom is 0.313 e. The molecule has 0 unspecified atom stereocenters. The minimum atomic E-state index is -0.732. The quantitative estimate of drug-likeness (QED) is 0.571. The Labute approximate surface area is 192 Å². The molecule has 2 heterocycles. The number of nitrogens with zero attached hydrogens (tertiary/aromatic N) is 3. The Balaban J connectivity index is 1.29. The van der Waals surface area contributed by atoms with Gasteiger partial charge in [-0.25, -0.2) is 0 Å². The molecule has 2 aromatic carbocycles. The number of amides is 3. The lowest BCUT2D eigenvalue weighted by Gasteiger charge is -2.19. The SMILES string of the molecule is Cc1ccc(NC(=O)C(=O)NCCc2ccc(-c3ccnn3C)cc2)cc1N1CCCC1=O. The Morgan fingerprint density at radius 1 is 1.06 bits per heavy atom. The van der Waals surface area contributed by atoms with Crippen LogP contribution in [0.5, 0.6) is 0 Å². The maximum atomic E-state index is 12.3. The van der Waals surface area contributed by atoms with Crippen LogP contribution >= 0.6 is 0 Å². The molecule has 170 valence electrons. The largest absolute Gasteiger partial charge is 0.347 e. The van der Waals surface area contributed by atoms with E-state index >= 15 is 0 Å². The zero-order valence-electron chi connectivity index (χ0n) is 18.8. The summed E-state index contributed by atoms with van der Waals surface area (Å²) in [6.07, 6.45) is 3.72. The van der Waals surface area contributed by atoms with Crippen molar-refractivity contribution in [1.82, 2.24) is 15.1 Å². The fraction of sp³-hybridized carbons (Fsp3) is 0.280. The normalized spacial score (nSPS) is 13.3. The fourth-order valence-electron chi connectivity index (χ4n) is 3.97. The summed E-state index contributed by atoms with van der Waals surface area (Å²) in [5, 5.41) is 9.47. The number of aromatic nitrogens is 2. The van der Waals surface area contributed by atoms with Gasteiger partial charge in [0.1, 0.15) is 0 Å². The standard InChI is InChI=1S/C25H27N5O3/c1-17-5-10-20(16-22(17)30-15-3-4-23(30)31)28-25(33)24(32)26-13-11-18-6-8-19(9-7-18)21-12-14-27-29(21)2/h5-10,12,14,16H,3-4,11,13,15H2,1-2H3,(H,26,32)(H,28,33). The van der Waals surface area contributed by atoms with E-state index in [2.05, 4.69) is 15.7 Å². The molecule has 1 saturated heterocycles. The molecule has 33 heavy (non-hydrogen) atoms. The molecule has 8 nitrogen and oxygen atoms in total. The van der Waals surface area contributed by atoms with Gasteiger partial charge in [-0.05, 0) is 54.7 Å². The smallest absolute Gasteiger partial charge is 0.313 e. The van der Waals surface area contributed by atoms with Crippen LogP contribution in [0.25, 0.3) is 11.3 Å². The van der Waals surface area contributed by atoms with E-state index < -0.39 is 11.8 Å². The molecule has 0 aliphatic carbocycles. The highest BCUT2D eigenvalue weighted by atomic mass is 16.2. The number of nitrogens with one attached hydrogen (secondary N) is 2. The van der Waals surface area contributed by atoms with Gasteiger partial charge in [-0.1, -0.05) is 30.3 Å². The van der Waals surface area contributed by atoms with Crippen molar-refractivity contribution in [3.05, 3.63) is 65.9 Å². The van der Waals surface area contributed by atoms with Gasteiger partial charge in [-0.2, -0.15) is 5.10 Å². The molecule has 1 fully saturated rings. The summed E-state index contributed by atoms with van der Waals surface area (Å²) in [6.45, 7) is 2.93. The molecule has 3 amide bonds. The summed E-state index contributed by atoms with van der Waals surface area (Å²) in [5.74, 6) is -1.35. The highest BCUT2D eigenvalue weighted by Crippen LogP contribution is 2.28. The molecule has 0 saturated carbocycles. The Hall–Kier alpha value is -3.94. The highest BCUT2D eigenvalue weighted by Gasteiger charge is 2.23. The van der Waals surface area contributed by atoms with Gasteiger partial charge in [0.2, 0.25) is 5.91 Å². The monoisotopic (exact) mass is 445 g/mol. The van der Waals surface area contributed by atoms with Crippen LogP contribution < -0.4 is 15.5 Å². The number of carbonyl (C=O) groups is 3.